The number of aliphatic hydroxyl groups excluding tert-OH is 1. The lowest BCUT2D eigenvalue weighted by Gasteiger charge is -2.43. The fourth-order valence-corrected chi connectivity index (χ4v) is 5.28. The van der Waals surface area contributed by atoms with Crippen LogP contribution in [0.5, 0.6) is 0 Å². The van der Waals surface area contributed by atoms with Gasteiger partial charge in [0.25, 0.3) is 5.79 Å². The highest BCUT2D eigenvalue weighted by Crippen LogP contribution is 2.45. The summed E-state index contributed by atoms with van der Waals surface area (Å²) >= 11 is 0. The number of esters is 1. The van der Waals surface area contributed by atoms with Crippen LogP contribution in [-0.4, -0.2) is 80.1 Å². The summed E-state index contributed by atoms with van der Waals surface area (Å²) in [6.07, 6.45) is -1.41. The summed E-state index contributed by atoms with van der Waals surface area (Å²) < 4.78 is 7.18. The zero-order chi connectivity index (χ0) is 22.8. The molecule has 3 aliphatic heterocycles. The van der Waals surface area contributed by atoms with E-state index in [0.29, 0.717) is 10.9 Å². The van der Waals surface area contributed by atoms with Crippen molar-refractivity contribution in [2.24, 2.45) is 16.5 Å². The average Bonchev–Trinajstić information content (AvgIpc) is 3.20. The van der Waals surface area contributed by atoms with Crippen molar-refractivity contribution in [2.75, 3.05) is 6.61 Å². The number of hydrogen-bond donors (Lipinski definition) is 7. The Hall–Kier alpha value is -3.41. The van der Waals surface area contributed by atoms with Gasteiger partial charge in [0.15, 0.2) is 18.1 Å². The number of fused-ring (bicyclic) bond motifs is 1. The Labute approximate surface area is 183 Å². The first kappa shape index (κ1) is 20.5. The Morgan fingerprint density at radius 1 is 1.22 bits per heavy atom. The van der Waals surface area contributed by atoms with Crippen molar-refractivity contribution in [3.05, 3.63) is 48.0 Å². The Morgan fingerprint density at radius 3 is 2.69 bits per heavy atom. The molecule has 0 saturated carbocycles. The van der Waals surface area contributed by atoms with Crippen LogP contribution < -0.4 is 22.1 Å². The third kappa shape index (κ3) is 2.49. The van der Waals surface area contributed by atoms with Gasteiger partial charge in [-0.1, -0.05) is 36.4 Å². The standard InChI is InChI=1S/C21H24N6O5/c1-10-16(32-17(29)13-8-4-6-11-5-2-3-7-12(11)13)21(30,31)20-15(25-18(22)26-20)14(9-28)24-19(23)27(10)20/h2-8,10,14-16,28,30-31H,9H2,1H3,(H5,22,23,24,25,26)/p+1/t10-,14-,15-,16-,20-/m0/s1. The highest BCUT2D eigenvalue weighted by atomic mass is 16.6. The second kappa shape index (κ2) is 6.79. The minimum absolute atomic E-state index is 0.0457. The summed E-state index contributed by atoms with van der Waals surface area (Å²) in [6.45, 7) is 1.27. The van der Waals surface area contributed by atoms with E-state index in [2.05, 4.69) is 15.6 Å². The van der Waals surface area contributed by atoms with Crippen LogP contribution in [0.25, 0.3) is 10.8 Å². The summed E-state index contributed by atoms with van der Waals surface area (Å²) in [6, 6.07) is 10.1. The van der Waals surface area contributed by atoms with Gasteiger partial charge in [0.1, 0.15) is 12.1 Å². The van der Waals surface area contributed by atoms with E-state index in [4.69, 9.17) is 16.2 Å². The number of guanidine groups is 2. The second-order valence-electron chi connectivity index (χ2n) is 8.36. The minimum atomic E-state index is -2.65. The molecule has 11 nitrogen and oxygen atoms in total. The van der Waals surface area contributed by atoms with Crippen LogP contribution in [0, 0.1) is 0 Å². The van der Waals surface area contributed by atoms with Gasteiger partial charge in [-0.3, -0.25) is 11.1 Å². The summed E-state index contributed by atoms with van der Waals surface area (Å²) in [5, 5.41) is 39.9. The van der Waals surface area contributed by atoms with Gasteiger partial charge in [-0.05, 0) is 23.8 Å². The summed E-state index contributed by atoms with van der Waals surface area (Å²) in [5.41, 5.74) is 10.7. The van der Waals surface area contributed by atoms with Crippen molar-refractivity contribution >= 4 is 28.7 Å². The predicted octanol–water partition coefficient (Wildman–Crippen LogP) is -2.28. The molecule has 9 N–H and O–H groups in total. The highest BCUT2D eigenvalue weighted by Gasteiger charge is 2.78. The van der Waals surface area contributed by atoms with Gasteiger partial charge in [0.2, 0.25) is 5.66 Å². The Balaban J connectivity index is 1.57. The zero-order valence-electron chi connectivity index (χ0n) is 17.3. The van der Waals surface area contributed by atoms with E-state index in [1.807, 2.05) is 24.3 Å². The Morgan fingerprint density at radius 2 is 1.94 bits per heavy atom. The molecule has 32 heavy (non-hydrogen) atoms. The van der Waals surface area contributed by atoms with E-state index < -0.39 is 41.6 Å². The molecule has 1 spiro atoms. The van der Waals surface area contributed by atoms with Crippen molar-refractivity contribution in [1.82, 2.24) is 10.6 Å². The third-order valence-electron chi connectivity index (χ3n) is 6.62. The molecule has 0 radical (unpaired) electrons. The van der Waals surface area contributed by atoms with Crippen LogP contribution in [0.2, 0.25) is 0 Å². The number of nitrogens with one attached hydrogen (secondary N) is 2. The monoisotopic (exact) mass is 441 g/mol. The molecule has 11 heteroatoms. The quantitative estimate of drug-likeness (QED) is 0.157. The van der Waals surface area contributed by atoms with Gasteiger partial charge in [0, 0.05) is 0 Å². The zero-order valence-corrected chi connectivity index (χ0v) is 17.3. The smallest absolute Gasteiger partial charge is 0.346 e. The largest absolute Gasteiger partial charge is 0.449 e. The first-order chi connectivity index (χ1) is 15.2. The van der Waals surface area contributed by atoms with E-state index >= 15 is 0 Å². The van der Waals surface area contributed by atoms with E-state index in [0.717, 1.165) is 5.39 Å². The maximum absolute atomic E-state index is 13.2. The molecule has 3 aliphatic rings. The lowest BCUT2D eigenvalue weighted by molar-refractivity contribution is -0.646. The number of nitrogens with zero attached hydrogens (tertiary/aromatic N) is 2. The highest BCUT2D eigenvalue weighted by molar-refractivity contribution is 6.04. The number of ether oxygens (including phenoxy) is 1. The number of rotatable bonds is 3. The molecule has 5 rings (SSSR count). The van der Waals surface area contributed by atoms with Crippen LogP contribution >= 0.6 is 0 Å². The van der Waals surface area contributed by atoms with Crippen LogP contribution in [0.3, 0.4) is 0 Å². The number of benzene rings is 2. The summed E-state index contributed by atoms with van der Waals surface area (Å²) in [7, 11) is 0. The van der Waals surface area contributed by atoms with Gasteiger partial charge in [-0.2, -0.15) is 0 Å². The molecule has 5 atom stereocenters. The van der Waals surface area contributed by atoms with Crippen LogP contribution in [0.4, 0.5) is 0 Å². The predicted molar refractivity (Wildman–Crippen MR) is 115 cm³/mol. The number of aliphatic imine (C=N–C) groups is 1. The van der Waals surface area contributed by atoms with Crippen LogP contribution in [0.1, 0.15) is 17.3 Å². The molecule has 168 valence electrons. The van der Waals surface area contributed by atoms with Crippen LogP contribution in [0.15, 0.2) is 47.5 Å². The topological polar surface area (TPSA) is 178 Å². The van der Waals surface area contributed by atoms with Gasteiger partial charge in [0.05, 0.1) is 12.2 Å². The van der Waals surface area contributed by atoms with E-state index in [-0.39, 0.29) is 18.5 Å². The van der Waals surface area contributed by atoms with Gasteiger partial charge in [-0.15, -0.1) is 0 Å². The summed E-state index contributed by atoms with van der Waals surface area (Å²) in [4.78, 5) is 17.4. The number of carbonyl (C=O) groups is 1. The fraction of sp³-hybridized carbons (Fsp3) is 0.381. The lowest BCUT2D eigenvalue weighted by atomic mass is 9.86. The number of aliphatic hydroxyl groups is 3. The van der Waals surface area contributed by atoms with E-state index in [9.17, 15) is 20.1 Å². The number of carbonyl (C=O) groups excluding carboxylic acids is 1. The SMILES string of the molecule is C[C@H]1[C@H](OC(=O)c2cccc3ccccc23)C(O)(O)[C@]23NC(N)=N[C@H]2[C@H](CO)NC(N)=[N+]13. The number of nitrogens with two attached hydrogens (primary N) is 2. The molecule has 0 amide bonds. The van der Waals surface area contributed by atoms with Gasteiger partial charge >= 0.3 is 11.9 Å². The second-order valence-corrected chi connectivity index (χ2v) is 8.36. The number of hydrogen-bond acceptors (Lipinski definition) is 10. The van der Waals surface area contributed by atoms with Crippen molar-refractivity contribution < 1.29 is 29.4 Å². The van der Waals surface area contributed by atoms with Crippen molar-refractivity contribution in [1.29, 1.82) is 0 Å². The molecule has 0 aliphatic carbocycles. The van der Waals surface area contributed by atoms with Gasteiger partial charge in [-0.25, -0.2) is 14.4 Å². The van der Waals surface area contributed by atoms with Crippen molar-refractivity contribution in [3.8, 4) is 0 Å². The molecular weight excluding hydrogens is 416 g/mol. The molecule has 2 aromatic carbocycles. The maximum atomic E-state index is 13.2. The Kier molecular flexibility index (Phi) is 4.35. The molecule has 1 fully saturated rings. The minimum Gasteiger partial charge on any atom is -0.449 e. The lowest BCUT2D eigenvalue weighted by Crippen LogP contribution is -2.78. The fourth-order valence-electron chi connectivity index (χ4n) is 5.28. The van der Waals surface area contributed by atoms with E-state index in [1.165, 1.54) is 4.58 Å². The first-order valence-corrected chi connectivity index (χ1v) is 10.3. The molecule has 2 aromatic rings. The maximum Gasteiger partial charge on any atom is 0.346 e. The Bertz CT molecular complexity index is 1170. The molecule has 0 unspecified atom stereocenters. The summed E-state index contributed by atoms with van der Waals surface area (Å²) in [5.74, 6) is -3.34. The third-order valence-corrected chi connectivity index (χ3v) is 6.62. The molecular formula is C21H25N6O5+. The molecule has 3 heterocycles. The first-order valence-electron chi connectivity index (χ1n) is 10.3. The molecule has 0 aromatic heterocycles. The normalized spacial score (nSPS) is 32.6. The van der Waals surface area contributed by atoms with Crippen LogP contribution in [-0.2, 0) is 4.74 Å². The average molecular weight is 441 g/mol. The van der Waals surface area contributed by atoms with Gasteiger partial charge < -0.3 is 31.1 Å². The van der Waals surface area contributed by atoms with Crippen molar-refractivity contribution in [3.63, 3.8) is 0 Å². The molecule has 1 saturated heterocycles. The molecule has 0 bridgehead atoms. The van der Waals surface area contributed by atoms with E-state index in [1.54, 1.807) is 25.1 Å². The van der Waals surface area contributed by atoms with Crippen molar-refractivity contribution in [2.45, 2.75) is 42.6 Å².